The second-order valence-electron chi connectivity index (χ2n) is 9.13. The van der Waals surface area contributed by atoms with Gasteiger partial charge in [-0.25, -0.2) is 0 Å². The van der Waals surface area contributed by atoms with E-state index in [-0.39, 0.29) is 24.2 Å². The van der Waals surface area contributed by atoms with E-state index in [4.69, 9.17) is 21.1 Å². The largest absolute Gasteiger partial charge is 0.494 e. The maximum absolute atomic E-state index is 12.7. The summed E-state index contributed by atoms with van der Waals surface area (Å²) in [7, 11) is 0. The van der Waals surface area contributed by atoms with Crippen molar-refractivity contribution in [1.82, 2.24) is 4.90 Å². The molecule has 2 aliphatic rings. The second-order valence-corrected chi connectivity index (χ2v) is 9.57. The molecule has 0 spiro atoms. The monoisotopic (exact) mass is 493 g/mol. The van der Waals surface area contributed by atoms with E-state index < -0.39 is 5.60 Å². The van der Waals surface area contributed by atoms with Crippen LogP contribution in [0.15, 0.2) is 48.5 Å². The summed E-state index contributed by atoms with van der Waals surface area (Å²) in [5, 5.41) is 13.4. The minimum atomic E-state index is -0.961. The predicted molar refractivity (Wildman–Crippen MR) is 137 cm³/mol. The number of nitrogens with zero attached hydrogens (tertiary/aromatic N) is 1. The third-order valence-electron chi connectivity index (χ3n) is 7.20. The van der Waals surface area contributed by atoms with Gasteiger partial charge in [-0.2, -0.15) is 0 Å². The van der Waals surface area contributed by atoms with Gasteiger partial charge in [-0.05, 0) is 61.1 Å². The van der Waals surface area contributed by atoms with Gasteiger partial charge in [-0.3, -0.25) is 4.90 Å². The molecule has 4 rings (SSSR count). The predicted octanol–water partition coefficient (Wildman–Crippen LogP) is 6.04. The van der Waals surface area contributed by atoms with Crippen LogP contribution >= 0.6 is 24.0 Å². The molecule has 1 saturated heterocycles. The van der Waals surface area contributed by atoms with E-state index in [9.17, 15) is 5.11 Å². The van der Waals surface area contributed by atoms with Crippen molar-refractivity contribution in [3.05, 3.63) is 64.7 Å². The molecular formula is C27H37Cl2NO3. The fourth-order valence-corrected chi connectivity index (χ4v) is 5.61. The number of hydrogen-bond acceptors (Lipinski definition) is 4. The van der Waals surface area contributed by atoms with E-state index in [0.717, 1.165) is 67.6 Å². The first-order valence-corrected chi connectivity index (χ1v) is 12.5. The molecule has 2 unspecified atom stereocenters. The normalized spacial score (nSPS) is 20.5. The van der Waals surface area contributed by atoms with E-state index in [0.29, 0.717) is 6.61 Å². The van der Waals surface area contributed by atoms with E-state index >= 15 is 0 Å². The van der Waals surface area contributed by atoms with Crippen LogP contribution in [-0.4, -0.2) is 49.5 Å². The highest BCUT2D eigenvalue weighted by Gasteiger charge is 2.46. The Kier molecular flexibility index (Phi) is 9.90. The minimum Gasteiger partial charge on any atom is -0.494 e. The average molecular weight is 495 g/mol. The highest BCUT2D eigenvalue weighted by atomic mass is 35.5. The molecule has 182 valence electrons. The van der Waals surface area contributed by atoms with Gasteiger partial charge in [0.2, 0.25) is 0 Å². The maximum atomic E-state index is 12.7. The third kappa shape index (κ3) is 6.23. The van der Waals surface area contributed by atoms with Crippen molar-refractivity contribution >= 4 is 24.0 Å². The summed E-state index contributed by atoms with van der Waals surface area (Å²) in [4.78, 5) is 2.44. The molecule has 2 aromatic rings. The van der Waals surface area contributed by atoms with Gasteiger partial charge < -0.3 is 14.6 Å². The molecule has 6 heteroatoms. The lowest BCUT2D eigenvalue weighted by atomic mass is 9.65. The fourth-order valence-electron chi connectivity index (χ4n) is 5.48. The summed E-state index contributed by atoms with van der Waals surface area (Å²) in [6.45, 7) is 6.71. The lowest BCUT2D eigenvalue weighted by Crippen LogP contribution is -2.48. The van der Waals surface area contributed by atoms with Crippen molar-refractivity contribution in [1.29, 1.82) is 0 Å². The Bertz CT molecular complexity index is 833. The SMILES string of the molecule is CCOc1ccc(C(O)(C2CCCCC2)C(CN2CCOCC2)c2ccc(Cl)cc2)cc1.Cl. The van der Waals surface area contributed by atoms with Crippen LogP contribution in [0.5, 0.6) is 5.75 Å². The van der Waals surface area contributed by atoms with Gasteiger partial charge >= 0.3 is 0 Å². The molecule has 1 aliphatic carbocycles. The van der Waals surface area contributed by atoms with Crippen LogP contribution < -0.4 is 4.74 Å². The van der Waals surface area contributed by atoms with E-state index in [1.54, 1.807) is 0 Å². The van der Waals surface area contributed by atoms with Crippen LogP contribution in [0.25, 0.3) is 0 Å². The van der Waals surface area contributed by atoms with Gasteiger partial charge in [0, 0.05) is 30.6 Å². The molecular weight excluding hydrogens is 457 g/mol. The summed E-state index contributed by atoms with van der Waals surface area (Å²) >= 11 is 6.23. The summed E-state index contributed by atoms with van der Waals surface area (Å²) < 4.78 is 11.3. The number of hydrogen-bond donors (Lipinski definition) is 1. The Morgan fingerprint density at radius 1 is 1.03 bits per heavy atom. The summed E-state index contributed by atoms with van der Waals surface area (Å²) in [6, 6.07) is 16.2. The third-order valence-corrected chi connectivity index (χ3v) is 7.46. The average Bonchev–Trinajstić information content (AvgIpc) is 2.85. The standard InChI is InChI=1S/C27H36ClNO3.ClH/c1-2-32-25-14-10-23(11-15-25)27(30,22-6-4-3-5-7-22)26(20-29-16-18-31-19-17-29)21-8-12-24(28)13-9-21;/h8-15,22,26,30H,2-7,16-20H2,1H3;1H. The number of rotatable bonds is 8. The zero-order valence-electron chi connectivity index (χ0n) is 19.5. The number of halogens is 2. The Labute approximate surface area is 209 Å². The molecule has 2 atom stereocenters. The Morgan fingerprint density at radius 2 is 1.67 bits per heavy atom. The first kappa shape index (κ1) is 26.3. The van der Waals surface area contributed by atoms with Crippen molar-refractivity contribution in [3.63, 3.8) is 0 Å². The smallest absolute Gasteiger partial charge is 0.119 e. The molecule has 1 aliphatic heterocycles. The summed E-state index contributed by atoms with van der Waals surface area (Å²) in [6.07, 6.45) is 5.71. The zero-order chi connectivity index (χ0) is 22.4. The van der Waals surface area contributed by atoms with E-state index in [1.807, 2.05) is 31.2 Å². The number of ether oxygens (including phenoxy) is 2. The van der Waals surface area contributed by atoms with Crippen LogP contribution in [0, 0.1) is 5.92 Å². The van der Waals surface area contributed by atoms with Gasteiger partial charge in [-0.15, -0.1) is 12.4 Å². The lowest BCUT2D eigenvalue weighted by molar-refractivity contribution is -0.0758. The number of morpholine rings is 1. The Morgan fingerprint density at radius 3 is 2.27 bits per heavy atom. The molecule has 1 heterocycles. The van der Waals surface area contributed by atoms with E-state index in [1.165, 1.54) is 19.3 Å². The first-order chi connectivity index (χ1) is 15.6. The number of benzene rings is 2. The molecule has 1 saturated carbocycles. The number of aliphatic hydroxyl groups is 1. The topological polar surface area (TPSA) is 41.9 Å². The Hall–Kier alpha value is -1.30. The summed E-state index contributed by atoms with van der Waals surface area (Å²) in [5.41, 5.74) is 1.17. The molecule has 0 amide bonds. The maximum Gasteiger partial charge on any atom is 0.119 e. The highest BCUT2D eigenvalue weighted by molar-refractivity contribution is 6.30. The molecule has 0 radical (unpaired) electrons. The van der Waals surface area contributed by atoms with Gasteiger partial charge in [-0.1, -0.05) is 55.1 Å². The van der Waals surface area contributed by atoms with Crippen LogP contribution in [0.1, 0.15) is 56.1 Å². The highest BCUT2D eigenvalue weighted by Crippen LogP contribution is 2.49. The van der Waals surface area contributed by atoms with Gasteiger partial charge in [0.15, 0.2) is 0 Å². The minimum absolute atomic E-state index is 0. The molecule has 2 aromatic carbocycles. The van der Waals surface area contributed by atoms with Crippen LogP contribution in [0.2, 0.25) is 5.02 Å². The molecule has 2 fully saturated rings. The first-order valence-electron chi connectivity index (χ1n) is 12.1. The fraction of sp³-hybridized carbons (Fsp3) is 0.556. The van der Waals surface area contributed by atoms with E-state index in [2.05, 4.69) is 29.2 Å². The molecule has 0 bridgehead atoms. The Balaban J connectivity index is 0.00000306. The van der Waals surface area contributed by atoms with Crippen molar-refractivity contribution in [2.24, 2.45) is 5.92 Å². The molecule has 4 nitrogen and oxygen atoms in total. The van der Waals surface area contributed by atoms with Crippen LogP contribution in [-0.2, 0) is 10.3 Å². The van der Waals surface area contributed by atoms with Crippen molar-refractivity contribution in [2.45, 2.75) is 50.5 Å². The zero-order valence-corrected chi connectivity index (χ0v) is 21.1. The van der Waals surface area contributed by atoms with Crippen molar-refractivity contribution in [3.8, 4) is 5.75 Å². The van der Waals surface area contributed by atoms with Crippen LogP contribution in [0.4, 0.5) is 0 Å². The van der Waals surface area contributed by atoms with Crippen LogP contribution in [0.3, 0.4) is 0 Å². The molecule has 33 heavy (non-hydrogen) atoms. The quantitative estimate of drug-likeness (QED) is 0.486. The lowest BCUT2D eigenvalue weighted by Gasteiger charge is -2.46. The summed E-state index contributed by atoms with van der Waals surface area (Å²) in [5.74, 6) is 1.01. The molecule has 1 N–H and O–H groups in total. The van der Waals surface area contributed by atoms with Gasteiger partial charge in [0.25, 0.3) is 0 Å². The van der Waals surface area contributed by atoms with Gasteiger partial charge in [0.05, 0.1) is 19.8 Å². The van der Waals surface area contributed by atoms with Crippen molar-refractivity contribution in [2.75, 3.05) is 39.5 Å². The van der Waals surface area contributed by atoms with Crippen molar-refractivity contribution < 1.29 is 14.6 Å². The van der Waals surface area contributed by atoms with Gasteiger partial charge in [0.1, 0.15) is 11.4 Å². The molecule has 0 aromatic heterocycles. The second kappa shape index (κ2) is 12.4.